The van der Waals surface area contributed by atoms with Gasteiger partial charge in [-0.25, -0.2) is 0 Å². The van der Waals surface area contributed by atoms with Crippen molar-refractivity contribution in [2.45, 2.75) is 33.6 Å². The van der Waals surface area contributed by atoms with Crippen LogP contribution in [0.4, 0.5) is 5.69 Å². The normalized spacial score (nSPS) is 10.6. The van der Waals surface area contributed by atoms with Crippen LogP contribution in [-0.4, -0.2) is 0 Å². The Hall–Kier alpha value is -1.76. The van der Waals surface area contributed by atoms with Crippen molar-refractivity contribution in [2.75, 3.05) is 5.73 Å². The van der Waals surface area contributed by atoms with Gasteiger partial charge < -0.3 is 5.73 Å². The highest BCUT2D eigenvalue weighted by molar-refractivity contribution is 5.71. The summed E-state index contributed by atoms with van der Waals surface area (Å²) in [6.07, 6.45) is 2.18. The predicted octanol–water partition coefficient (Wildman–Crippen LogP) is 4.37. The van der Waals surface area contributed by atoms with Crippen LogP contribution in [0.5, 0.6) is 0 Å². The Balaban J connectivity index is 2.54. The molecule has 2 aromatic carbocycles. The summed E-state index contributed by atoms with van der Waals surface area (Å²) in [6.45, 7) is 6.55. The average molecular weight is 239 g/mol. The smallest absolute Gasteiger partial charge is 0.0320 e. The Morgan fingerprint density at radius 1 is 0.889 bits per heavy atom. The van der Waals surface area contributed by atoms with E-state index >= 15 is 0 Å². The highest BCUT2D eigenvalue weighted by atomic mass is 14.5. The summed E-state index contributed by atoms with van der Waals surface area (Å²) < 4.78 is 0. The molecule has 2 N–H and O–H groups in total. The van der Waals surface area contributed by atoms with Gasteiger partial charge in [-0.05, 0) is 59.7 Å². The van der Waals surface area contributed by atoms with Gasteiger partial charge in [0.05, 0.1) is 0 Å². The summed E-state index contributed by atoms with van der Waals surface area (Å²) in [5.41, 5.74) is 13.4. The van der Waals surface area contributed by atoms with E-state index in [1.807, 2.05) is 6.07 Å². The number of benzene rings is 2. The number of nitrogens with two attached hydrogens (primary N) is 1. The Labute approximate surface area is 110 Å². The fourth-order valence-corrected chi connectivity index (χ4v) is 2.42. The molecule has 1 heteroatoms. The van der Waals surface area contributed by atoms with Crippen molar-refractivity contribution in [3.05, 3.63) is 53.1 Å². The molecule has 0 unspecified atom stereocenters. The first-order chi connectivity index (χ1) is 8.65. The summed E-state index contributed by atoms with van der Waals surface area (Å²) in [5, 5.41) is 0. The van der Waals surface area contributed by atoms with E-state index in [-0.39, 0.29) is 0 Å². The first-order valence-corrected chi connectivity index (χ1v) is 6.64. The number of aryl methyl sites for hydroxylation is 3. The van der Waals surface area contributed by atoms with Crippen LogP contribution < -0.4 is 5.73 Å². The van der Waals surface area contributed by atoms with Crippen molar-refractivity contribution in [3.63, 3.8) is 0 Å². The topological polar surface area (TPSA) is 26.0 Å². The number of hydrogen-bond donors (Lipinski definition) is 1. The fourth-order valence-electron chi connectivity index (χ4n) is 2.42. The summed E-state index contributed by atoms with van der Waals surface area (Å²) in [4.78, 5) is 0. The Kier molecular flexibility index (Phi) is 3.71. The summed E-state index contributed by atoms with van der Waals surface area (Å²) in [5.74, 6) is 0. The van der Waals surface area contributed by atoms with Gasteiger partial charge in [0.25, 0.3) is 0 Å². The van der Waals surface area contributed by atoms with Gasteiger partial charge in [0, 0.05) is 5.69 Å². The van der Waals surface area contributed by atoms with Crippen molar-refractivity contribution < 1.29 is 0 Å². The van der Waals surface area contributed by atoms with Gasteiger partial charge in [-0.1, -0.05) is 38.1 Å². The molecular weight excluding hydrogens is 218 g/mol. The molecule has 94 valence electrons. The van der Waals surface area contributed by atoms with Gasteiger partial charge in [0.15, 0.2) is 0 Å². The molecule has 2 aromatic rings. The third-order valence-electron chi connectivity index (χ3n) is 3.54. The number of hydrogen-bond acceptors (Lipinski definition) is 1. The highest BCUT2D eigenvalue weighted by Crippen LogP contribution is 2.28. The average Bonchev–Trinajstić information content (AvgIpc) is 2.40. The van der Waals surface area contributed by atoms with Gasteiger partial charge in [-0.2, -0.15) is 0 Å². The van der Waals surface area contributed by atoms with Crippen LogP contribution in [-0.2, 0) is 12.8 Å². The standard InChI is InChI=1S/C17H21N/c1-4-13-7-8-15(10-14(13)5-2)17-11-16(18)9-6-12(17)3/h6-11H,4-5,18H2,1-3H3. The zero-order chi connectivity index (χ0) is 13.1. The first kappa shape index (κ1) is 12.7. The molecule has 0 bridgehead atoms. The van der Waals surface area contributed by atoms with E-state index in [1.54, 1.807) is 0 Å². The van der Waals surface area contributed by atoms with E-state index in [2.05, 4.69) is 51.1 Å². The largest absolute Gasteiger partial charge is 0.399 e. The van der Waals surface area contributed by atoms with Crippen LogP contribution in [0.2, 0.25) is 0 Å². The predicted molar refractivity (Wildman–Crippen MR) is 79.8 cm³/mol. The van der Waals surface area contributed by atoms with Crippen LogP contribution >= 0.6 is 0 Å². The van der Waals surface area contributed by atoms with Gasteiger partial charge in [-0.15, -0.1) is 0 Å². The maximum atomic E-state index is 5.89. The Morgan fingerprint density at radius 3 is 2.28 bits per heavy atom. The van der Waals surface area contributed by atoms with Gasteiger partial charge in [0.1, 0.15) is 0 Å². The van der Waals surface area contributed by atoms with E-state index in [0.717, 1.165) is 18.5 Å². The van der Waals surface area contributed by atoms with Crippen LogP contribution in [0, 0.1) is 6.92 Å². The van der Waals surface area contributed by atoms with E-state index in [9.17, 15) is 0 Å². The summed E-state index contributed by atoms with van der Waals surface area (Å²) in [7, 11) is 0. The lowest BCUT2D eigenvalue weighted by Gasteiger charge is -2.11. The van der Waals surface area contributed by atoms with Crippen molar-refractivity contribution in [2.24, 2.45) is 0 Å². The third kappa shape index (κ3) is 2.40. The molecule has 0 aromatic heterocycles. The lowest BCUT2D eigenvalue weighted by molar-refractivity contribution is 1.04. The third-order valence-corrected chi connectivity index (χ3v) is 3.54. The molecule has 0 fully saturated rings. The number of anilines is 1. The molecule has 0 amide bonds. The maximum Gasteiger partial charge on any atom is 0.0320 e. The molecular formula is C17H21N. The highest BCUT2D eigenvalue weighted by Gasteiger charge is 2.05. The van der Waals surface area contributed by atoms with E-state index in [1.165, 1.54) is 27.8 Å². The Bertz CT molecular complexity index is 556. The molecule has 0 spiro atoms. The van der Waals surface area contributed by atoms with Crippen molar-refractivity contribution in [3.8, 4) is 11.1 Å². The van der Waals surface area contributed by atoms with Crippen molar-refractivity contribution in [1.82, 2.24) is 0 Å². The first-order valence-electron chi connectivity index (χ1n) is 6.64. The SMILES string of the molecule is CCc1ccc(-c2cc(N)ccc2C)cc1CC. The fraction of sp³-hybridized carbons (Fsp3) is 0.294. The second-order valence-corrected chi connectivity index (χ2v) is 4.76. The van der Waals surface area contributed by atoms with Gasteiger partial charge in [0.2, 0.25) is 0 Å². The van der Waals surface area contributed by atoms with Crippen LogP contribution in [0.1, 0.15) is 30.5 Å². The molecule has 0 saturated heterocycles. The quantitative estimate of drug-likeness (QED) is 0.791. The minimum Gasteiger partial charge on any atom is -0.399 e. The van der Waals surface area contributed by atoms with E-state index in [0.29, 0.717) is 0 Å². The maximum absolute atomic E-state index is 5.89. The monoisotopic (exact) mass is 239 g/mol. The molecule has 0 aliphatic rings. The van der Waals surface area contributed by atoms with Crippen LogP contribution in [0.3, 0.4) is 0 Å². The molecule has 1 nitrogen and oxygen atoms in total. The van der Waals surface area contributed by atoms with Gasteiger partial charge >= 0.3 is 0 Å². The number of nitrogen functional groups attached to an aromatic ring is 1. The zero-order valence-corrected chi connectivity index (χ0v) is 11.5. The lowest BCUT2D eigenvalue weighted by Crippen LogP contribution is -1.94. The molecule has 0 aliphatic heterocycles. The Morgan fingerprint density at radius 2 is 1.61 bits per heavy atom. The lowest BCUT2D eigenvalue weighted by atomic mass is 9.94. The molecule has 0 saturated carbocycles. The van der Waals surface area contributed by atoms with Gasteiger partial charge in [-0.3, -0.25) is 0 Å². The summed E-state index contributed by atoms with van der Waals surface area (Å²) >= 11 is 0. The van der Waals surface area contributed by atoms with Crippen LogP contribution in [0.25, 0.3) is 11.1 Å². The minimum atomic E-state index is 0.827. The van der Waals surface area contributed by atoms with E-state index in [4.69, 9.17) is 5.73 Å². The second kappa shape index (κ2) is 5.26. The van der Waals surface area contributed by atoms with Crippen molar-refractivity contribution in [1.29, 1.82) is 0 Å². The minimum absolute atomic E-state index is 0.827. The second-order valence-electron chi connectivity index (χ2n) is 4.76. The zero-order valence-electron chi connectivity index (χ0n) is 11.5. The molecule has 0 radical (unpaired) electrons. The summed E-state index contributed by atoms with van der Waals surface area (Å²) in [6, 6.07) is 12.9. The molecule has 0 heterocycles. The van der Waals surface area contributed by atoms with Crippen LogP contribution in [0.15, 0.2) is 36.4 Å². The van der Waals surface area contributed by atoms with Crippen molar-refractivity contribution >= 4 is 5.69 Å². The van der Waals surface area contributed by atoms with E-state index < -0.39 is 0 Å². The molecule has 2 rings (SSSR count). The number of rotatable bonds is 3. The molecule has 0 atom stereocenters. The molecule has 18 heavy (non-hydrogen) atoms. The molecule has 0 aliphatic carbocycles.